The van der Waals surface area contributed by atoms with E-state index in [2.05, 4.69) is 18.6 Å². The maximum absolute atomic E-state index is 12.5. The van der Waals surface area contributed by atoms with Crippen molar-refractivity contribution in [2.45, 2.75) is 45.4 Å². The number of esters is 1. The second kappa shape index (κ2) is 17.8. The SMILES string of the molecule is CCC1(COCCCCOc2ccc(C=CCOOc3ccc4c(c3)C(C)c3cc(OC(=O)C=Cc5ccc(OC(F)(F)F)cc5)ccc3-4)cc2)COC1. The monoisotopic (exact) mass is 744 g/mol. The highest BCUT2D eigenvalue weighted by Crippen LogP contribution is 2.47. The quantitative estimate of drug-likeness (QED) is 0.0249. The van der Waals surface area contributed by atoms with Crippen LogP contribution in [0.5, 0.6) is 23.0 Å². The van der Waals surface area contributed by atoms with Crippen LogP contribution in [0.15, 0.2) is 97.1 Å². The minimum atomic E-state index is -4.77. The predicted molar refractivity (Wildman–Crippen MR) is 198 cm³/mol. The van der Waals surface area contributed by atoms with E-state index in [0.29, 0.717) is 23.7 Å². The molecule has 1 heterocycles. The molecule has 0 N–H and O–H groups in total. The highest BCUT2D eigenvalue weighted by atomic mass is 19.4. The Morgan fingerprint density at radius 2 is 1.43 bits per heavy atom. The average Bonchev–Trinajstić information content (AvgIpc) is 3.41. The lowest BCUT2D eigenvalue weighted by molar-refractivity contribution is -0.274. The molecule has 6 rings (SSSR count). The Labute approximate surface area is 313 Å². The number of halogens is 3. The number of carbonyl (C=O) groups excluding carboxylic acids is 1. The highest BCUT2D eigenvalue weighted by molar-refractivity contribution is 5.89. The molecule has 1 unspecified atom stereocenters. The zero-order valence-corrected chi connectivity index (χ0v) is 30.2. The molecular formula is C43H43F3O8. The molecule has 0 radical (unpaired) electrons. The minimum Gasteiger partial charge on any atom is -0.494 e. The van der Waals surface area contributed by atoms with Gasteiger partial charge in [0.2, 0.25) is 0 Å². The van der Waals surface area contributed by atoms with Crippen molar-refractivity contribution < 1.29 is 51.4 Å². The Kier molecular flexibility index (Phi) is 12.7. The van der Waals surface area contributed by atoms with Gasteiger partial charge in [0.25, 0.3) is 0 Å². The molecule has 1 aliphatic carbocycles. The molecule has 1 fully saturated rings. The van der Waals surface area contributed by atoms with E-state index in [1.54, 1.807) is 6.07 Å². The van der Waals surface area contributed by atoms with Crippen LogP contribution in [-0.4, -0.2) is 52.0 Å². The fraction of sp³-hybridized carbons (Fsp3) is 0.326. The van der Waals surface area contributed by atoms with Crippen molar-refractivity contribution in [3.05, 3.63) is 119 Å². The standard InChI is InChI=1S/C43H43F3O8/c1-3-42(28-49-29-42)27-48-22-4-5-23-50-33-13-8-31(9-14-33)7-6-24-51-54-36-18-20-38-37-19-17-35(25-39(37)30(2)40(38)26-36)52-41(47)21-12-32-10-15-34(16-11-32)53-43(44,45)46/h6-21,25-26,30H,3-5,22-24,27-29H2,1-2H3. The summed E-state index contributed by atoms with van der Waals surface area (Å²) in [6, 6.07) is 24.3. The number of benzene rings is 4. The molecule has 0 bridgehead atoms. The first-order chi connectivity index (χ1) is 26.1. The van der Waals surface area contributed by atoms with Gasteiger partial charge in [0, 0.05) is 24.0 Å². The maximum Gasteiger partial charge on any atom is 0.573 e. The Hall–Kier alpha value is -5.10. The van der Waals surface area contributed by atoms with E-state index in [0.717, 1.165) is 79.3 Å². The molecule has 4 aromatic carbocycles. The van der Waals surface area contributed by atoms with E-state index in [1.807, 2.05) is 66.7 Å². The smallest absolute Gasteiger partial charge is 0.494 e. The summed E-state index contributed by atoms with van der Waals surface area (Å²) in [5.41, 5.74) is 5.91. The van der Waals surface area contributed by atoms with Crippen LogP contribution in [0.2, 0.25) is 0 Å². The van der Waals surface area contributed by atoms with Crippen molar-refractivity contribution in [3.8, 4) is 34.1 Å². The van der Waals surface area contributed by atoms with Gasteiger partial charge in [0.15, 0.2) is 5.75 Å². The summed E-state index contributed by atoms with van der Waals surface area (Å²) < 4.78 is 63.6. The fourth-order valence-corrected chi connectivity index (χ4v) is 6.23. The fourth-order valence-electron chi connectivity index (χ4n) is 6.23. The normalized spacial score (nSPS) is 15.8. The van der Waals surface area contributed by atoms with Gasteiger partial charge in [0.1, 0.15) is 23.9 Å². The molecule has 8 nitrogen and oxygen atoms in total. The van der Waals surface area contributed by atoms with Gasteiger partial charge in [-0.05, 0) is 107 Å². The lowest BCUT2D eigenvalue weighted by atomic mass is 9.84. The molecule has 1 aliphatic heterocycles. The van der Waals surface area contributed by atoms with Gasteiger partial charge in [-0.3, -0.25) is 0 Å². The number of hydrogen-bond donors (Lipinski definition) is 0. The average molecular weight is 745 g/mol. The Bertz CT molecular complexity index is 1910. The number of carbonyl (C=O) groups is 1. The van der Waals surface area contributed by atoms with E-state index in [9.17, 15) is 18.0 Å². The number of ether oxygens (including phenoxy) is 5. The summed E-state index contributed by atoms with van der Waals surface area (Å²) in [5, 5.41) is 0. The minimum absolute atomic E-state index is 0.0111. The van der Waals surface area contributed by atoms with Crippen molar-refractivity contribution >= 4 is 18.1 Å². The van der Waals surface area contributed by atoms with Gasteiger partial charge in [0.05, 0.1) is 26.4 Å². The molecule has 1 saturated heterocycles. The summed E-state index contributed by atoms with van der Waals surface area (Å²) in [4.78, 5) is 23.6. The van der Waals surface area contributed by atoms with E-state index < -0.39 is 12.3 Å². The largest absolute Gasteiger partial charge is 0.573 e. The lowest BCUT2D eigenvalue weighted by Crippen LogP contribution is -2.45. The van der Waals surface area contributed by atoms with Crippen molar-refractivity contribution in [1.29, 1.82) is 0 Å². The highest BCUT2D eigenvalue weighted by Gasteiger charge is 2.37. The molecule has 0 amide bonds. The van der Waals surface area contributed by atoms with E-state index >= 15 is 0 Å². The van der Waals surface area contributed by atoms with Crippen LogP contribution in [0.3, 0.4) is 0 Å². The first-order valence-electron chi connectivity index (χ1n) is 18.0. The van der Waals surface area contributed by atoms with Crippen LogP contribution in [0.4, 0.5) is 13.2 Å². The Balaban J connectivity index is 0.904. The second-order valence-corrected chi connectivity index (χ2v) is 13.4. The number of hydrogen-bond acceptors (Lipinski definition) is 8. The Morgan fingerprint density at radius 3 is 2.07 bits per heavy atom. The third-order valence-corrected chi connectivity index (χ3v) is 9.45. The summed E-state index contributed by atoms with van der Waals surface area (Å²) in [6.07, 6.45) is 4.70. The molecule has 0 saturated carbocycles. The topological polar surface area (TPSA) is 81.7 Å². The third kappa shape index (κ3) is 10.5. The van der Waals surface area contributed by atoms with Crippen LogP contribution >= 0.6 is 0 Å². The van der Waals surface area contributed by atoms with E-state index in [1.165, 1.54) is 36.4 Å². The van der Waals surface area contributed by atoms with Crippen molar-refractivity contribution in [2.75, 3.05) is 39.6 Å². The van der Waals surface area contributed by atoms with Crippen LogP contribution in [-0.2, 0) is 19.2 Å². The predicted octanol–water partition coefficient (Wildman–Crippen LogP) is 9.96. The number of alkyl halides is 3. The number of rotatable bonds is 18. The molecule has 1 atom stereocenters. The molecule has 11 heteroatoms. The van der Waals surface area contributed by atoms with Crippen LogP contribution < -0.4 is 19.1 Å². The molecule has 54 heavy (non-hydrogen) atoms. The molecule has 2 aliphatic rings. The number of unbranched alkanes of at least 4 members (excludes halogenated alkanes) is 1. The van der Waals surface area contributed by atoms with Gasteiger partial charge < -0.3 is 28.6 Å². The first-order valence-corrected chi connectivity index (χ1v) is 18.0. The summed E-state index contributed by atoms with van der Waals surface area (Å²) in [5.74, 6) is 0.825. The van der Waals surface area contributed by atoms with Crippen LogP contribution in [0, 0.1) is 5.41 Å². The van der Waals surface area contributed by atoms with E-state index in [-0.39, 0.29) is 23.7 Å². The van der Waals surface area contributed by atoms with Gasteiger partial charge >= 0.3 is 12.3 Å². The van der Waals surface area contributed by atoms with Crippen LogP contribution in [0.1, 0.15) is 61.3 Å². The van der Waals surface area contributed by atoms with Gasteiger partial charge in [-0.2, -0.15) is 4.89 Å². The summed E-state index contributed by atoms with van der Waals surface area (Å²) >= 11 is 0. The maximum atomic E-state index is 12.5. The number of fused-ring (bicyclic) bond motifs is 3. The van der Waals surface area contributed by atoms with Gasteiger partial charge in [-0.15, -0.1) is 13.2 Å². The molecule has 0 spiro atoms. The third-order valence-electron chi connectivity index (χ3n) is 9.45. The molecule has 4 aromatic rings. The second-order valence-electron chi connectivity index (χ2n) is 13.4. The van der Waals surface area contributed by atoms with E-state index in [4.69, 9.17) is 28.7 Å². The van der Waals surface area contributed by atoms with Crippen molar-refractivity contribution in [1.82, 2.24) is 0 Å². The molecular weight excluding hydrogens is 701 g/mol. The van der Waals surface area contributed by atoms with Gasteiger partial charge in [-0.1, -0.05) is 62.4 Å². The van der Waals surface area contributed by atoms with Crippen molar-refractivity contribution in [3.63, 3.8) is 0 Å². The first kappa shape index (κ1) is 38.6. The zero-order valence-electron chi connectivity index (χ0n) is 30.2. The van der Waals surface area contributed by atoms with Crippen LogP contribution in [0.25, 0.3) is 23.3 Å². The van der Waals surface area contributed by atoms with Gasteiger partial charge in [-0.25, -0.2) is 4.79 Å². The molecule has 284 valence electrons. The zero-order chi connectivity index (χ0) is 38.0. The van der Waals surface area contributed by atoms with Crippen molar-refractivity contribution in [2.24, 2.45) is 5.41 Å². The summed E-state index contributed by atoms with van der Waals surface area (Å²) in [6.45, 7) is 8.27. The Morgan fingerprint density at radius 1 is 0.815 bits per heavy atom. The molecule has 0 aromatic heterocycles. The summed E-state index contributed by atoms with van der Waals surface area (Å²) in [7, 11) is 0. The lowest BCUT2D eigenvalue weighted by Gasteiger charge is -2.40.